The number of nitro groups is 1. The average molecular weight is 384 g/mol. The van der Waals surface area contributed by atoms with Crippen LogP contribution in [-0.4, -0.2) is 34.6 Å². The molecule has 0 aromatic heterocycles. The Balaban J connectivity index is 1.66. The molecule has 1 fully saturated rings. The number of amidine groups is 1. The van der Waals surface area contributed by atoms with Crippen molar-refractivity contribution in [3.63, 3.8) is 0 Å². The third-order valence-electron chi connectivity index (χ3n) is 3.81. The van der Waals surface area contributed by atoms with Gasteiger partial charge in [-0.3, -0.25) is 14.9 Å². The summed E-state index contributed by atoms with van der Waals surface area (Å²) < 4.78 is 5.32. The quantitative estimate of drug-likeness (QED) is 0.468. The van der Waals surface area contributed by atoms with Gasteiger partial charge in [-0.25, -0.2) is 0 Å². The second-order valence-corrected chi connectivity index (χ2v) is 6.80. The summed E-state index contributed by atoms with van der Waals surface area (Å²) in [5.74, 6) is 0.593. The smallest absolute Gasteiger partial charge is 0.270 e. The summed E-state index contributed by atoms with van der Waals surface area (Å²) in [7, 11) is 1.59. The van der Waals surface area contributed by atoms with Crippen molar-refractivity contribution in [3.8, 4) is 5.75 Å². The van der Waals surface area contributed by atoms with Crippen LogP contribution >= 0.6 is 11.8 Å². The zero-order valence-electron chi connectivity index (χ0n) is 14.4. The number of non-ortho nitro benzene ring substituents is 1. The van der Waals surface area contributed by atoms with Crippen molar-refractivity contribution >= 4 is 34.7 Å². The standard InChI is InChI=1S/C18H16N4O4S/c1-26-15-8-3-2-6-13(15)10-16-17(23)20-18(27-16)21-19-11-12-5-4-7-14(9-12)22(24)25/h2-9,11,16H,10H2,1H3,(H,20,21,23)/b19-11+/t16-/m0/s1. The molecule has 1 N–H and O–H groups in total. The first-order valence-corrected chi connectivity index (χ1v) is 8.89. The van der Waals surface area contributed by atoms with Crippen molar-refractivity contribution < 1.29 is 14.5 Å². The molecule has 2 aromatic rings. The highest BCUT2D eigenvalue weighted by molar-refractivity contribution is 8.15. The number of carbonyl (C=O) groups is 1. The highest BCUT2D eigenvalue weighted by atomic mass is 32.2. The normalized spacial score (nSPS) is 18.0. The van der Waals surface area contributed by atoms with Gasteiger partial charge in [-0.05, 0) is 18.1 Å². The lowest BCUT2D eigenvalue weighted by molar-refractivity contribution is -0.384. The molecule has 0 unspecified atom stereocenters. The number of nitrogens with zero attached hydrogens (tertiary/aromatic N) is 3. The molecular formula is C18H16N4O4S. The van der Waals surface area contributed by atoms with Crippen LogP contribution in [0.5, 0.6) is 5.75 Å². The van der Waals surface area contributed by atoms with Gasteiger partial charge in [0.25, 0.3) is 5.69 Å². The molecule has 9 heteroatoms. The minimum Gasteiger partial charge on any atom is -0.496 e. The van der Waals surface area contributed by atoms with E-state index in [2.05, 4.69) is 15.5 Å². The second-order valence-electron chi connectivity index (χ2n) is 5.61. The number of methoxy groups -OCH3 is 1. The molecule has 8 nitrogen and oxygen atoms in total. The number of hydrogen-bond donors (Lipinski definition) is 1. The summed E-state index contributed by atoms with van der Waals surface area (Å²) in [5.41, 5.74) is 1.47. The van der Waals surface area contributed by atoms with Crippen molar-refractivity contribution in [2.75, 3.05) is 7.11 Å². The van der Waals surface area contributed by atoms with Gasteiger partial charge in [-0.2, -0.15) is 5.10 Å². The van der Waals surface area contributed by atoms with E-state index in [4.69, 9.17) is 4.74 Å². The number of benzene rings is 2. The number of amides is 1. The zero-order valence-corrected chi connectivity index (χ0v) is 15.2. The van der Waals surface area contributed by atoms with Crippen LogP contribution in [-0.2, 0) is 11.2 Å². The van der Waals surface area contributed by atoms with E-state index < -0.39 is 4.92 Å². The molecular weight excluding hydrogens is 368 g/mol. The largest absolute Gasteiger partial charge is 0.496 e. The fourth-order valence-electron chi connectivity index (χ4n) is 2.52. The van der Waals surface area contributed by atoms with Crippen LogP contribution < -0.4 is 10.1 Å². The molecule has 138 valence electrons. The maximum atomic E-state index is 12.2. The first kappa shape index (κ1) is 18.6. The van der Waals surface area contributed by atoms with E-state index in [1.807, 2.05) is 24.3 Å². The molecule has 1 saturated heterocycles. The number of para-hydroxylation sites is 1. The first-order chi connectivity index (χ1) is 13.1. The molecule has 0 radical (unpaired) electrons. The van der Waals surface area contributed by atoms with E-state index in [-0.39, 0.29) is 16.8 Å². The SMILES string of the molecule is COc1ccccc1C[C@@H]1S/C(=N/N=C/c2cccc([N+](=O)[O-])c2)NC1=O. The third kappa shape index (κ3) is 4.70. The number of hydrogen-bond acceptors (Lipinski definition) is 7. The minimum atomic E-state index is -0.473. The summed E-state index contributed by atoms with van der Waals surface area (Å²) >= 11 is 1.29. The zero-order chi connectivity index (χ0) is 19.2. The van der Waals surface area contributed by atoms with Crippen LogP contribution in [0.2, 0.25) is 0 Å². The Labute approximate surface area is 159 Å². The van der Waals surface area contributed by atoms with Gasteiger partial charge in [0.05, 0.1) is 23.5 Å². The number of thioether (sulfide) groups is 1. The van der Waals surface area contributed by atoms with Crippen LogP contribution in [0.15, 0.2) is 58.7 Å². The van der Waals surface area contributed by atoms with Gasteiger partial charge in [0.2, 0.25) is 5.91 Å². The van der Waals surface area contributed by atoms with Gasteiger partial charge < -0.3 is 10.1 Å². The topological polar surface area (TPSA) is 106 Å². The number of rotatable bonds is 6. The van der Waals surface area contributed by atoms with Crippen molar-refractivity contribution in [1.29, 1.82) is 0 Å². The van der Waals surface area contributed by atoms with Crippen molar-refractivity contribution in [2.45, 2.75) is 11.7 Å². The summed E-state index contributed by atoms with van der Waals surface area (Å²) in [6, 6.07) is 13.6. The van der Waals surface area contributed by atoms with Crippen LogP contribution in [0.25, 0.3) is 0 Å². The van der Waals surface area contributed by atoms with Crippen LogP contribution in [0.4, 0.5) is 5.69 Å². The predicted octanol–water partition coefficient (Wildman–Crippen LogP) is 2.77. The third-order valence-corrected chi connectivity index (χ3v) is 4.88. The number of ether oxygens (including phenoxy) is 1. The number of carbonyl (C=O) groups excluding carboxylic acids is 1. The molecule has 27 heavy (non-hydrogen) atoms. The maximum Gasteiger partial charge on any atom is 0.270 e. The second kappa shape index (κ2) is 8.45. The van der Waals surface area contributed by atoms with E-state index in [1.165, 1.54) is 30.1 Å². The van der Waals surface area contributed by atoms with Crippen molar-refractivity contribution in [1.82, 2.24) is 5.32 Å². The van der Waals surface area contributed by atoms with E-state index in [0.717, 1.165) is 11.3 Å². The predicted molar refractivity (Wildman–Crippen MR) is 104 cm³/mol. The van der Waals surface area contributed by atoms with E-state index in [1.54, 1.807) is 19.2 Å². The van der Waals surface area contributed by atoms with Gasteiger partial charge >= 0.3 is 0 Å². The lowest BCUT2D eigenvalue weighted by Crippen LogP contribution is -2.26. The molecule has 1 atom stereocenters. The highest BCUT2D eigenvalue weighted by Crippen LogP contribution is 2.27. The Bertz CT molecular complexity index is 929. The molecule has 1 aliphatic rings. The van der Waals surface area contributed by atoms with E-state index in [9.17, 15) is 14.9 Å². The fourth-order valence-corrected chi connectivity index (χ4v) is 3.48. The Kier molecular flexibility index (Phi) is 5.82. The molecule has 0 spiro atoms. The molecule has 1 amide bonds. The van der Waals surface area contributed by atoms with E-state index in [0.29, 0.717) is 17.2 Å². The van der Waals surface area contributed by atoms with Gasteiger partial charge in [0.15, 0.2) is 5.17 Å². The van der Waals surface area contributed by atoms with E-state index >= 15 is 0 Å². The molecule has 1 heterocycles. The van der Waals surface area contributed by atoms with Crippen molar-refractivity contribution in [2.24, 2.45) is 10.2 Å². The van der Waals surface area contributed by atoms with Crippen LogP contribution in [0.3, 0.4) is 0 Å². The minimum absolute atomic E-state index is 0.0213. The molecule has 0 bridgehead atoms. The Hall–Kier alpha value is -3.20. The summed E-state index contributed by atoms with van der Waals surface area (Å²) in [4.78, 5) is 22.5. The molecule has 1 aliphatic heterocycles. The van der Waals surface area contributed by atoms with Crippen LogP contribution in [0.1, 0.15) is 11.1 Å². The molecule has 0 aliphatic carbocycles. The number of nitrogens with one attached hydrogen (secondary N) is 1. The molecule has 0 saturated carbocycles. The average Bonchev–Trinajstić information content (AvgIpc) is 3.01. The van der Waals surface area contributed by atoms with Crippen LogP contribution in [0, 0.1) is 10.1 Å². The highest BCUT2D eigenvalue weighted by Gasteiger charge is 2.31. The van der Waals surface area contributed by atoms with Gasteiger partial charge in [0, 0.05) is 17.7 Å². The lowest BCUT2D eigenvalue weighted by atomic mass is 10.1. The number of nitro benzene ring substituents is 1. The van der Waals surface area contributed by atoms with Gasteiger partial charge in [-0.15, -0.1) is 5.10 Å². The Morgan fingerprint density at radius 1 is 1.30 bits per heavy atom. The summed E-state index contributed by atoms with van der Waals surface area (Å²) in [6.07, 6.45) is 1.91. The summed E-state index contributed by atoms with van der Waals surface area (Å²) in [5, 5.41) is 21.4. The maximum absolute atomic E-state index is 12.2. The monoisotopic (exact) mass is 384 g/mol. The lowest BCUT2D eigenvalue weighted by Gasteiger charge is -2.09. The summed E-state index contributed by atoms with van der Waals surface area (Å²) in [6.45, 7) is 0. The molecule has 2 aromatic carbocycles. The van der Waals surface area contributed by atoms with Crippen molar-refractivity contribution in [3.05, 3.63) is 69.8 Å². The molecule has 3 rings (SSSR count). The van der Waals surface area contributed by atoms with Gasteiger partial charge in [-0.1, -0.05) is 42.1 Å². The first-order valence-electron chi connectivity index (χ1n) is 8.01. The Morgan fingerprint density at radius 2 is 2.11 bits per heavy atom. The Morgan fingerprint density at radius 3 is 2.89 bits per heavy atom. The van der Waals surface area contributed by atoms with Gasteiger partial charge in [0.1, 0.15) is 5.75 Å². The fraction of sp³-hybridized carbons (Fsp3) is 0.167.